The van der Waals surface area contributed by atoms with E-state index in [1.165, 1.54) is 16.2 Å². The molecule has 44 heavy (non-hydrogen) atoms. The van der Waals surface area contributed by atoms with Gasteiger partial charge in [-0.05, 0) is 48.1 Å². The summed E-state index contributed by atoms with van der Waals surface area (Å²) in [6, 6.07) is 22.9. The van der Waals surface area contributed by atoms with E-state index in [9.17, 15) is 19.5 Å². The number of hydrogen-bond donors (Lipinski definition) is 2. The van der Waals surface area contributed by atoms with Crippen LogP contribution in [0.3, 0.4) is 0 Å². The molecule has 1 fully saturated rings. The summed E-state index contributed by atoms with van der Waals surface area (Å²) in [5, 5.41) is 15.3. The molecule has 1 saturated heterocycles. The summed E-state index contributed by atoms with van der Waals surface area (Å²) in [6.07, 6.45) is -1.15. The molecule has 228 valence electrons. The van der Waals surface area contributed by atoms with E-state index in [4.69, 9.17) is 4.74 Å². The third-order valence-corrected chi connectivity index (χ3v) is 9.78. The molecular formula is C34H36N4O5S. The van der Waals surface area contributed by atoms with Crippen LogP contribution in [-0.2, 0) is 26.3 Å². The molecular weight excluding hydrogens is 576 g/mol. The minimum atomic E-state index is -1.13. The van der Waals surface area contributed by atoms with Gasteiger partial charge in [0.1, 0.15) is 23.8 Å². The second-order valence-corrected chi connectivity index (χ2v) is 13.1. The zero-order valence-electron chi connectivity index (χ0n) is 25.0. The molecule has 0 bridgehead atoms. The molecule has 2 aliphatic heterocycles. The Morgan fingerprint density at radius 3 is 2.55 bits per heavy atom. The molecule has 0 radical (unpaired) electrons. The van der Waals surface area contributed by atoms with Crippen molar-refractivity contribution in [3.8, 4) is 0 Å². The van der Waals surface area contributed by atoms with Gasteiger partial charge in [0.15, 0.2) is 0 Å². The van der Waals surface area contributed by atoms with Crippen LogP contribution in [0.25, 0.3) is 10.2 Å². The summed E-state index contributed by atoms with van der Waals surface area (Å²) >= 11 is 1.37. The Morgan fingerprint density at radius 1 is 1.09 bits per heavy atom. The van der Waals surface area contributed by atoms with Gasteiger partial charge in [-0.2, -0.15) is 0 Å². The number of likely N-dealkylation sites (tertiary alicyclic amines) is 1. The first-order chi connectivity index (χ1) is 21.2. The number of amides is 3. The lowest BCUT2D eigenvalue weighted by atomic mass is 9.79. The second-order valence-electron chi connectivity index (χ2n) is 12.1. The number of hydrogen-bond acceptors (Lipinski definition) is 7. The predicted octanol–water partition coefficient (Wildman–Crippen LogP) is 5.50. The number of nitrogens with one attached hydrogen (secondary N) is 1. The van der Waals surface area contributed by atoms with Crippen LogP contribution in [-0.4, -0.2) is 63.5 Å². The zero-order valence-corrected chi connectivity index (χ0v) is 25.8. The largest absolute Gasteiger partial charge is 0.445 e. The van der Waals surface area contributed by atoms with E-state index in [1.807, 2.05) is 92.7 Å². The van der Waals surface area contributed by atoms with Crippen molar-refractivity contribution in [3.05, 3.63) is 95.0 Å². The summed E-state index contributed by atoms with van der Waals surface area (Å²) in [6.45, 7) is 4.13. The number of benzene rings is 3. The summed E-state index contributed by atoms with van der Waals surface area (Å²) in [7, 11) is 1.57. The minimum absolute atomic E-state index is 0.0722. The normalized spacial score (nSPS) is 20.5. The van der Waals surface area contributed by atoms with Gasteiger partial charge in [0.05, 0.1) is 21.7 Å². The van der Waals surface area contributed by atoms with Crippen LogP contribution in [0.1, 0.15) is 48.9 Å². The van der Waals surface area contributed by atoms with E-state index in [0.717, 1.165) is 21.3 Å². The topological polar surface area (TPSA) is 112 Å². The summed E-state index contributed by atoms with van der Waals surface area (Å²) in [5.41, 5.74) is 2.08. The maximum atomic E-state index is 14.6. The average Bonchev–Trinajstić information content (AvgIpc) is 3.72. The summed E-state index contributed by atoms with van der Waals surface area (Å²) in [5.74, 6) is -0.461. The lowest BCUT2D eigenvalue weighted by molar-refractivity contribution is -0.140. The van der Waals surface area contributed by atoms with Crippen molar-refractivity contribution in [2.45, 2.75) is 56.9 Å². The molecule has 4 atom stereocenters. The number of fused-ring (bicyclic) bond motifs is 3. The first-order valence-corrected chi connectivity index (χ1v) is 15.7. The van der Waals surface area contributed by atoms with Crippen molar-refractivity contribution >= 4 is 45.1 Å². The molecule has 3 aromatic carbocycles. The van der Waals surface area contributed by atoms with Crippen LogP contribution in [0.4, 0.5) is 10.5 Å². The lowest BCUT2D eigenvalue weighted by Gasteiger charge is -2.35. The highest BCUT2D eigenvalue weighted by atomic mass is 32.1. The van der Waals surface area contributed by atoms with Crippen molar-refractivity contribution in [1.82, 2.24) is 14.8 Å². The highest BCUT2D eigenvalue weighted by Crippen LogP contribution is 2.49. The Balaban J connectivity index is 1.34. The fraction of sp³-hybridized carbons (Fsp3) is 0.353. The molecule has 3 amide bonds. The van der Waals surface area contributed by atoms with E-state index in [2.05, 4.69) is 10.3 Å². The Morgan fingerprint density at radius 2 is 1.80 bits per heavy atom. The van der Waals surface area contributed by atoms with Crippen LogP contribution in [0.2, 0.25) is 0 Å². The molecule has 0 aliphatic carbocycles. The van der Waals surface area contributed by atoms with Gasteiger partial charge >= 0.3 is 6.09 Å². The third kappa shape index (κ3) is 5.44. The third-order valence-electron chi connectivity index (χ3n) is 8.68. The number of thiazole rings is 1. The number of likely N-dealkylation sites (N-methyl/N-ethyl adjacent to an activating group) is 1. The Kier molecular flexibility index (Phi) is 8.13. The van der Waals surface area contributed by atoms with Gasteiger partial charge in [-0.15, -0.1) is 11.3 Å². The van der Waals surface area contributed by atoms with Crippen molar-refractivity contribution in [1.29, 1.82) is 0 Å². The van der Waals surface area contributed by atoms with Crippen LogP contribution >= 0.6 is 11.3 Å². The number of rotatable bonds is 8. The number of aromatic nitrogens is 1. The number of para-hydroxylation sites is 2. The smallest absolute Gasteiger partial charge is 0.410 e. The van der Waals surface area contributed by atoms with Gasteiger partial charge in [0.2, 0.25) is 11.8 Å². The maximum absolute atomic E-state index is 14.6. The van der Waals surface area contributed by atoms with Crippen LogP contribution in [0.5, 0.6) is 0 Å². The summed E-state index contributed by atoms with van der Waals surface area (Å²) in [4.78, 5) is 49.2. The molecule has 2 N–H and O–H groups in total. The maximum Gasteiger partial charge on any atom is 0.410 e. The Bertz CT molecular complexity index is 1660. The van der Waals surface area contributed by atoms with Crippen molar-refractivity contribution in [3.63, 3.8) is 0 Å². The lowest BCUT2D eigenvalue weighted by Crippen LogP contribution is -2.53. The molecule has 9 nitrogen and oxygen atoms in total. The van der Waals surface area contributed by atoms with Gasteiger partial charge in [0.25, 0.3) is 0 Å². The number of carbonyl (C=O) groups is 3. The molecule has 0 saturated carbocycles. The fourth-order valence-corrected chi connectivity index (χ4v) is 7.40. The van der Waals surface area contributed by atoms with E-state index in [1.54, 1.807) is 11.9 Å². The number of aliphatic hydroxyl groups is 1. The highest BCUT2D eigenvalue weighted by Gasteiger charge is 2.58. The van der Waals surface area contributed by atoms with Crippen LogP contribution in [0, 0.1) is 5.92 Å². The van der Waals surface area contributed by atoms with E-state index < -0.39 is 29.7 Å². The van der Waals surface area contributed by atoms with Gasteiger partial charge in [-0.3, -0.25) is 14.5 Å². The summed E-state index contributed by atoms with van der Waals surface area (Å²) < 4.78 is 6.52. The molecule has 4 aromatic rings. The number of anilines is 1. The van der Waals surface area contributed by atoms with Gasteiger partial charge in [0, 0.05) is 19.3 Å². The van der Waals surface area contributed by atoms with Crippen LogP contribution < -0.4 is 5.32 Å². The van der Waals surface area contributed by atoms with Crippen molar-refractivity contribution < 1.29 is 24.2 Å². The predicted molar refractivity (Wildman–Crippen MR) is 169 cm³/mol. The molecule has 1 spiro atoms. The standard InChI is InChI=1S/C34H36N4O5S/c1-21(2)17-26(37(3)33(42)43-19-22-11-5-4-6-12-22)31(40)38-20-34(23-13-7-8-14-24(23)36-32(34)41)18-27(38)29(39)30-35-25-15-9-10-16-28(25)44-30/h4-16,21,26-27,29,39H,17-20H2,1-3H3,(H,36,41)/t26-,27-,29?,34-/m0/s1. The molecule has 2 aliphatic rings. The van der Waals surface area contributed by atoms with E-state index in [0.29, 0.717) is 17.1 Å². The van der Waals surface area contributed by atoms with Gasteiger partial charge in [-0.25, -0.2) is 9.78 Å². The fourth-order valence-electron chi connectivity index (χ4n) is 6.39. The second kappa shape index (κ2) is 12.0. The first kappa shape index (κ1) is 29.8. The SMILES string of the molecule is CC(C)C[C@@H](C(=O)N1C[C@]2(C[C@H]1C(O)c1nc3ccccc3s1)C(=O)Nc1ccccc12)N(C)C(=O)OCc1ccccc1. The highest BCUT2D eigenvalue weighted by molar-refractivity contribution is 7.18. The van der Waals surface area contributed by atoms with Crippen molar-refractivity contribution in [2.75, 3.05) is 18.9 Å². The Hall–Kier alpha value is -4.28. The minimum Gasteiger partial charge on any atom is -0.445 e. The van der Waals surface area contributed by atoms with Crippen molar-refractivity contribution in [2.24, 2.45) is 5.92 Å². The first-order valence-electron chi connectivity index (χ1n) is 14.9. The average molecular weight is 613 g/mol. The number of carbonyl (C=O) groups excluding carboxylic acids is 3. The number of nitrogens with zero attached hydrogens (tertiary/aromatic N) is 3. The molecule has 1 aromatic heterocycles. The monoisotopic (exact) mass is 612 g/mol. The molecule has 6 rings (SSSR count). The van der Waals surface area contributed by atoms with Gasteiger partial charge < -0.3 is 20.1 Å². The van der Waals surface area contributed by atoms with E-state index >= 15 is 0 Å². The molecule has 1 unspecified atom stereocenters. The molecule has 10 heteroatoms. The van der Waals surface area contributed by atoms with E-state index in [-0.39, 0.29) is 37.3 Å². The number of aliphatic hydroxyl groups excluding tert-OH is 1. The zero-order chi connectivity index (χ0) is 31.0. The van der Waals surface area contributed by atoms with Gasteiger partial charge in [-0.1, -0.05) is 74.5 Å². The van der Waals surface area contributed by atoms with Crippen LogP contribution in [0.15, 0.2) is 78.9 Å². The number of ether oxygens (including phenoxy) is 1. The molecule has 3 heterocycles. The quantitative estimate of drug-likeness (QED) is 0.272. The Labute approximate surface area is 260 Å².